The van der Waals surface area contributed by atoms with Crippen molar-refractivity contribution in [2.75, 3.05) is 36.8 Å². The van der Waals surface area contributed by atoms with Gasteiger partial charge in [0.2, 0.25) is 31.9 Å². The molecule has 0 saturated heterocycles. The van der Waals surface area contributed by atoms with Crippen LogP contribution in [0.3, 0.4) is 0 Å². The number of nitrogens with zero attached hydrogens (tertiary/aromatic N) is 4. The van der Waals surface area contributed by atoms with E-state index in [0.717, 1.165) is 36.8 Å². The SMILES string of the molecule is CCC(C)C(=O)Nc1nc(-c2ccc(S(=O)(=O)N(CC)CCC3CCCC(C(=O)Nc4nc(-c5ccc(S(=O)(=O)N(CC)CC)cc5)cs4)C3)cc2)cs1. The molecule has 1 fully saturated rings. The third kappa shape index (κ3) is 9.81. The van der Waals surface area contributed by atoms with Crippen LogP contribution in [0.2, 0.25) is 0 Å². The van der Waals surface area contributed by atoms with E-state index < -0.39 is 20.0 Å². The van der Waals surface area contributed by atoms with Gasteiger partial charge in [-0.05, 0) is 55.9 Å². The second-order valence-corrected chi connectivity index (χ2v) is 19.1. The van der Waals surface area contributed by atoms with E-state index in [0.29, 0.717) is 60.7 Å². The number of hydrogen-bond acceptors (Lipinski definition) is 10. The molecule has 1 aliphatic rings. The minimum absolute atomic E-state index is 0.0788. The van der Waals surface area contributed by atoms with Gasteiger partial charge in [0.05, 0.1) is 21.2 Å². The molecule has 4 aromatic rings. The van der Waals surface area contributed by atoms with E-state index in [1.807, 2.05) is 45.4 Å². The summed E-state index contributed by atoms with van der Waals surface area (Å²) in [4.78, 5) is 35.1. The van der Waals surface area contributed by atoms with Crippen molar-refractivity contribution in [1.82, 2.24) is 18.6 Å². The van der Waals surface area contributed by atoms with Crippen molar-refractivity contribution in [3.05, 3.63) is 59.3 Å². The Kier molecular flexibility index (Phi) is 14.2. The third-order valence-electron chi connectivity index (χ3n) is 10.1. The van der Waals surface area contributed by atoms with Crippen LogP contribution in [0.15, 0.2) is 69.1 Å². The van der Waals surface area contributed by atoms with Crippen LogP contribution in [0.1, 0.15) is 73.1 Å². The lowest BCUT2D eigenvalue weighted by Crippen LogP contribution is -2.34. The van der Waals surface area contributed by atoms with Gasteiger partial charge in [0.25, 0.3) is 0 Å². The quantitative estimate of drug-likeness (QED) is 0.109. The van der Waals surface area contributed by atoms with Gasteiger partial charge in [0, 0.05) is 59.9 Å². The molecule has 3 unspecified atom stereocenters. The summed E-state index contributed by atoms with van der Waals surface area (Å²) in [6.45, 7) is 10.7. The van der Waals surface area contributed by atoms with E-state index in [1.54, 1.807) is 48.5 Å². The molecule has 2 aromatic carbocycles. The van der Waals surface area contributed by atoms with Crippen molar-refractivity contribution in [3.8, 4) is 22.5 Å². The van der Waals surface area contributed by atoms with E-state index >= 15 is 0 Å². The molecule has 3 atom stereocenters. The van der Waals surface area contributed by atoms with Gasteiger partial charge in [-0.25, -0.2) is 26.8 Å². The van der Waals surface area contributed by atoms with E-state index in [9.17, 15) is 26.4 Å². The molecular formula is C38H50N6O6S4. The fraction of sp³-hybridized carbons (Fsp3) is 0.474. The Morgan fingerprint density at radius 1 is 0.759 bits per heavy atom. The van der Waals surface area contributed by atoms with Gasteiger partial charge in [-0.2, -0.15) is 8.61 Å². The lowest BCUT2D eigenvalue weighted by Gasteiger charge is -2.30. The van der Waals surface area contributed by atoms with Crippen LogP contribution in [-0.2, 0) is 29.6 Å². The molecule has 54 heavy (non-hydrogen) atoms. The summed E-state index contributed by atoms with van der Waals surface area (Å²) in [7, 11) is -7.30. The van der Waals surface area contributed by atoms with Gasteiger partial charge in [-0.15, -0.1) is 22.7 Å². The zero-order chi connectivity index (χ0) is 39.0. The first-order valence-corrected chi connectivity index (χ1v) is 23.2. The van der Waals surface area contributed by atoms with Gasteiger partial charge in [-0.3, -0.25) is 9.59 Å². The van der Waals surface area contributed by atoms with Crippen LogP contribution >= 0.6 is 22.7 Å². The Morgan fingerprint density at radius 3 is 1.76 bits per heavy atom. The van der Waals surface area contributed by atoms with Crippen LogP contribution in [0, 0.1) is 17.8 Å². The maximum atomic E-state index is 13.7. The second-order valence-electron chi connectivity index (χ2n) is 13.5. The van der Waals surface area contributed by atoms with E-state index in [4.69, 9.17) is 0 Å². The summed E-state index contributed by atoms with van der Waals surface area (Å²) in [5.74, 6) is -0.275. The minimum Gasteiger partial charge on any atom is -0.302 e. The highest BCUT2D eigenvalue weighted by molar-refractivity contribution is 7.89. The highest BCUT2D eigenvalue weighted by atomic mass is 32.2. The van der Waals surface area contributed by atoms with Crippen LogP contribution < -0.4 is 10.6 Å². The van der Waals surface area contributed by atoms with Gasteiger partial charge in [0.15, 0.2) is 10.3 Å². The molecule has 0 aliphatic heterocycles. The number of nitrogens with one attached hydrogen (secondary N) is 2. The number of anilines is 2. The van der Waals surface area contributed by atoms with Crippen LogP contribution in [0.4, 0.5) is 10.3 Å². The molecule has 2 N–H and O–H groups in total. The molecule has 0 spiro atoms. The molecular weight excluding hydrogens is 765 g/mol. The van der Waals surface area contributed by atoms with Crippen LogP contribution in [0.25, 0.3) is 22.5 Å². The topological polar surface area (TPSA) is 159 Å². The van der Waals surface area contributed by atoms with Crippen molar-refractivity contribution in [3.63, 3.8) is 0 Å². The number of aromatic nitrogens is 2. The lowest BCUT2D eigenvalue weighted by atomic mass is 9.79. The summed E-state index contributed by atoms with van der Waals surface area (Å²) >= 11 is 2.65. The molecule has 2 amide bonds. The number of hydrogen-bond donors (Lipinski definition) is 2. The van der Waals surface area contributed by atoms with Gasteiger partial charge >= 0.3 is 0 Å². The highest BCUT2D eigenvalue weighted by Crippen LogP contribution is 2.34. The molecule has 2 heterocycles. The molecule has 0 radical (unpaired) electrons. The average Bonchev–Trinajstić information content (AvgIpc) is 3.85. The van der Waals surface area contributed by atoms with Crippen molar-refractivity contribution < 1.29 is 26.4 Å². The largest absolute Gasteiger partial charge is 0.302 e. The van der Waals surface area contributed by atoms with Crippen LogP contribution in [-0.4, -0.2) is 73.4 Å². The molecule has 1 saturated carbocycles. The van der Waals surface area contributed by atoms with Crippen molar-refractivity contribution in [2.45, 2.75) is 82.9 Å². The normalized spacial score (nSPS) is 17.1. The standard InChI is InChI=1S/C38H50N6O6S4/c1-6-26(5)35(45)41-37-39-33(24-51-37)29-15-19-32(20-16-29)54(49,50)44(9-4)22-21-27-11-10-12-30(23-27)36(46)42-38-40-34(25-52-38)28-13-17-31(18-14-28)53(47,48)43(7-2)8-3/h13-20,24-27,30H,6-12,21-23H2,1-5H3,(H,39,41,45)(H,40,42,46). The Bertz CT molecular complexity index is 2100. The first kappa shape index (κ1) is 41.6. The van der Waals surface area contributed by atoms with Gasteiger partial charge in [0.1, 0.15) is 0 Å². The fourth-order valence-electron chi connectivity index (χ4n) is 6.57. The molecule has 12 nitrogen and oxygen atoms in total. The second kappa shape index (κ2) is 18.4. The number of amides is 2. The first-order chi connectivity index (χ1) is 25.8. The maximum absolute atomic E-state index is 13.7. The van der Waals surface area contributed by atoms with Gasteiger partial charge in [-0.1, -0.05) is 71.7 Å². The summed E-state index contributed by atoms with van der Waals surface area (Å²) in [5.41, 5.74) is 2.83. The summed E-state index contributed by atoms with van der Waals surface area (Å²) in [6.07, 6.45) is 4.64. The van der Waals surface area contributed by atoms with Gasteiger partial charge < -0.3 is 10.6 Å². The predicted octanol–water partition coefficient (Wildman–Crippen LogP) is 7.79. The van der Waals surface area contributed by atoms with Crippen molar-refractivity contribution in [1.29, 1.82) is 0 Å². The Labute approximate surface area is 327 Å². The Balaban J connectivity index is 1.14. The fourth-order valence-corrected chi connectivity index (χ4v) is 10.9. The highest BCUT2D eigenvalue weighted by Gasteiger charge is 2.30. The van der Waals surface area contributed by atoms with E-state index in [-0.39, 0.29) is 39.4 Å². The minimum atomic E-state index is -3.74. The molecule has 0 bridgehead atoms. The Hall–Kier alpha value is -3.54. The molecule has 292 valence electrons. The van der Waals surface area contributed by atoms with Crippen molar-refractivity contribution >= 4 is 64.8 Å². The number of carbonyl (C=O) groups excluding carboxylic acids is 2. The maximum Gasteiger partial charge on any atom is 0.243 e. The van der Waals surface area contributed by atoms with Crippen LogP contribution in [0.5, 0.6) is 0 Å². The molecule has 5 rings (SSSR count). The van der Waals surface area contributed by atoms with Crippen molar-refractivity contribution in [2.24, 2.45) is 17.8 Å². The average molecular weight is 815 g/mol. The third-order valence-corrected chi connectivity index (χ3v) is 15.7. The summed E-state index contributed by atoms with van der Waals surface area (Å²) < 4.78 is 55.9. The molecule has 1 aliphatic carbocycles. The number of rotatable bonds is 17. The number of carbonyl (C=O) groups is 2. The predicted molar refractivity (Wildman–Crippen MR) is 216 cm³/mol. The Morgan fingerprint density at radius 2 is 1.26 bits per heavy atom. The number of benzene rings is 2. The summed E-state index contributed by atoms with van der Waals surface area (Å²) in [5, 5.41) is 10.5. The zero-order valence-electron chi connectivity index (χ0n) is 31.4. The smallest absolute Gasteiger partial charge is 0.243 e. The lowest BCUT2D eigenvalue weighted by molar-refractivity contribution is -0.121. The zero-order valence-corrected chi connectivity index (χ0v) is 34.7. The molecule has 16 heteroatoms. The van der Waals surface area contributed by atoms with E-state index in [2.05, 4.69) is 20.6 Å². The van der Waals surface area contributed by atoms with E-state index in [1.165, 1.54) is 31.3 Å². The first-order valence-electron chi connectivity index (χ1n) is 18.5. The monoisotopic (exact) mass is 814 g/mol. The number of thiazole rings is 2. The summed E-state index contributed by atoms with van der Waals surface area (Å²) in [6, 6.07) is 13.3. The molecule has 2 aromatic heterocycles. The number of sulfonamides is 2.